The summed E-state index contributed by atoms with van der Waals surface area (Å²) in [7, 11) is 0. The first-order valence-electron chi connectivity index (χ1n) is 8.20. The summed E-state index contributed by atoms with van der Waals surface area (Å²) in [5.74, 6) is -4.27. The van der Waals surface area contributed by atoms with Crippen LogP contribution in [0.25, 0.3) is 0 Å². The van der Waals surface area contributed by atoms with Crippen molar-refractivity contribution in [1.82, 2.24) is 0 Å². The van der Waals surface area contributed by atoms with Crippen LogP contribution in [-0.4, -0.2) is 37.0 Å². The zero-order valence-electron chi connectivity index (χ0n) is 14.3. The molecule has 27 heavy (non-hydrogen) atoms. The second kappa shape index (κ2) is 9.03. The minimum atomic E-state index is -5.64. The Labute approximate surface area is 153 Å². The van der Waals surface area contributed by atoms with Gasteiger partial charge in [-0.3, -0.25) is 0 Å². The van der Waals surface area contributed by atoms with E-state index in [4.69, 9.17) is 9.84 Å². The van der Waals surface area contributed by atoms with Gasteiger partial charge in [-0.25, -0.2) is 0 Å². The van der Waals surface area contributed by atoms with E-state index in [2.05, 4.69) is 4.74 Å². The van der Waals surface area contributed by atoms with Gasteiger partial charge in [-0.05, 0) is 41.8 Å². The Morgan fingerprint density at radius 1 is 0.741 bits per heavy atom. The second-order valence-corrected chi connectivity index (χ2v) is 5.88. The van der Waals surface area contributed by atoms with E-state index in [1.165, 1.54) is 12.1 Å². The fourth-order valence-corrected chi connectivity index (χ4v) is 2.15. The summed E-state index contributed by atoms with van der Waals surface area (Å²) in [6.07, 6.45) is -4.54. The Morgan fingerprint density at radius 3 is 1.67 bits per heavy atom. The number of rotatable bonds is 9. The third-order valence-corrected chi connectivity index (χ3v) is 3.66. The Morgan fingerprint density at radius 2 is 1.22 bits per heavy atom. The van der Waals surface area contributed by atoms with Gasteiger partial charge in [0.15, 0.2) is 6.61 Å². The van der Waals surface area contributed by atoms with Crippen molar-refractivity contribution in [2.75, 3.05) is 19.8 Å². The van der Waals surface area contributed by atoms with Crippen molar-refractivity contribution in [1.29, 1.82) is 0 Å². The van der Waals surface area contributed by atoms with Gasteiger partial charge in [0.2, 0.25) is 0 Å². The topological polar surface area (TPSA) is 38.7 Å². The van der Waals surface area contributed by atoms with Gasteiger partial charge in [-0.1, -0.05) is 24.3 Å². The minimum Gasteiger partial charge on any atom is -0.494 e. The summed E-state index contributed by atoms with van der Waals surface area (Å²) >= 11 is 0. The average Bonchev–Trinajstić information content (AvgIpc) is 2.62. The molecule has 0 aromatic heterocycles. The third-order valence-electron chi connectivity index (χ3n) is 3.66. The van der Waals surface area contributed by atoms with Crippen LogP contribution in [0.1, 0.15) is 17.5 Å². The maximum Gasteiger partial charge on any atom is 0.456 e. The monoisotopic (exact) mass is 390 g/mol. The Kier molecular flexibility index (Phi) is 7.01. The van der Waals surface area contributed by atoms with Gasteiger partial charge in [-0.2, -0.15) is 22.0 Å². The first-order valence-corrected chi connectivity index (χ1v) is 8.20. The highest BCUT2D eigenvalue weighted by atomic mass is 19.4. The summed E-state index contributed by atoms with van der Waals surface area (Å²) in [5, 5.41) is 8.71. The Balaban J connectivity index is 1.88. The third kappa shape index (κ3) is 6.39. The van der Waals surface area contributed by atoms with E-state index in [0.717, 1.165) is 11.1 Å². The highest BCUT2D eigenvalue weighted by Crippen LogP contribution is 2.35. The highest BCUT2D eigenvalue weighted by Gasteiger charge is 2.58. The molecule has 0 aliphatic heterocycles. The number of halogens is 5. The number of alkyl halides is 5. The van der Waals surface area contributed by atoms with Gasteiger partial charge in [0.05, 0.1) is 6.61 Å². The van der Waals surface area contributed by atoms with Crippen molar-refractivity contribution < 1.29 is 36.5 Å². The second-order valence-electron chi connectivity index (χ2n) is 5.88. The predicted octanol–water partition coefficient (Wildman–Crippen LogP) is 4.62. The van der Waals surface area contributed by atoms with E-state index in [1.807, 2.05) is 12.1 Å². The van der Waals surface area contributed by atoms with Gasteiger partial charge in [-0.15, -0.1) is 0 Å². The average molecular weight is 390 g/mol. The van der Waals surface area contributed by atoms with Crippen LogP contribution in [0.4, 0.5) is 22.0 Å². The smallest absolute Gasteiger partial charge is 0.456 e. The lowest BCUT2D eigenvalue weighted by atomic mass is 10.0. The number of aliphatic hydroxyl groups is 1. The van der Waals surface area contributed by atoms with Crippen LogP contribution < -0.4 is 9.47 Å². The molecule has 0 atom stereocenters. The number of hydrogen-bond acceptors (Lipinski definition) is 3. The van der Waals surface area contributed by atoms with Crippen molar-refractivity contribution in [2.45, 2.75) is 24.9 Å². The van der Waals surface area contributed by atoms with Gasteiger partial charge >= 0.3 is 12.1 Å². The molecule has 0 saturated heterocycles. The molecule has 3 nitrogen and oxygen atoms in total. The van der Waals surface area contributed by atoms with E-state index in [-0.39, 0.29) is 12.4 Å². The number of benzene rings is 2. The van der Waals surface area contributed by atoms with Gasteiger partial charge < -0.3 is 14.6 Å². The lowest BCUT2D eigenvalue weighted by molar-refractivity contribution is -0.290. The van der Waals surface area contributed by atoms with Crippen LogP contribution in [0, 0.1) is 0 Å². The summed E-state index contributed by atoms with van der Waals surface area (Å²) in [4.78, 5) is 0. The molecule has 1 N–H and O–H groups in total. The molecule has 0 amide bonds. The van der Waals surface area contributed by atoms with E-state index in [0.29, 0.717) is 25.2 Å². The fraction of sp³-hybridized carbons (Fsp3) is 0.368. The van der Waals surface area contributed by atoms with Crippen LogP contribution in [-0.2, 0) is 6.42 Å². The van der Waals surface area contributed by atoms with Crippen LogP contribution >= 0.6 is 0 Å². The molecule has 0 unspecified atom stereocenters. The Hall–Kier alpha value is -2.35. The van der Waals surface area contributed by atoms with Gasteiger partial charge in [0.1, 0.15) is 11.5 Å². The highest BCUT2D eigenvalue weighted by molar-refractivity contribution is 5.34. The van der Waals surface area contributed by atoms with Crippen LogP contribution in [0.2, 0.25) is 0 Å². The predicted molar refractivity (Wildman–Crippen MR) is 89.4 cm³/mol. The molecule has 0 spiro atoms. The van der Waals surface area contributed by atoms with Crippen molar-refractivity contribution in [2.24, 2.45) is 0 Å². The molecule has 0 heterocycles. The molecule has 148 valence electrons. The van der Waals surface area contributed by atoms with Gasteiger partial charge in [0, 0.05) is 13.0 Å². The van der Waals surface area contributed by atoms with Crippen molar-refractivity contribution in [3.63, 3.8) is 0 Å². The lowest BCUT2D eigenvalue weighted by Crippen LogP contribution is -2.41. The van der Waals surface area contributed by atoms with E-state index in [9.17, 15) is 22.0 Å². The van der Waals surface area contributed by atoms with Gasteiger partial charge in [0.25, 0.3) is 0 Å². The molecular formula is C19H19F5O3. The molecule has 0 saturated carbocycles. The summed E-state index contributed by atoms with van der Waals surface area (Å²) < 4.78 is 72.0. The first-order chi connectivity index (χ1) is 12.7. The quantitative estimate of drug-likeness (QED) is 0.502. The maximum absolute atomic E-state index is 12.8. The molecule has 2 aromatic carbocycles. The summed E-state index contributed by atoms with van der Waals surface area (Å²) in [6.45, 7) is -1.27. The molecule has 2 aromatic rings. The standard InChI is InChI=1S/C19H19F5O3/c20-18(21,19(22,23)24)13-27-17-8-4-15(5-9-17)12-14-2-6-16(7-3-14)26-11-1-10-25/h2-9,25H,1,10-13H2. The zero-order valence-corrected chi connectivity index (χ0v) is 14.3. The van der Waals surface area contributed by atoms with Crippen molar-refractivity contribution in [3.8, 4) is 11.5 Å². The van der Waals surface area contributed by atoms with Crippen LogP contribution in [0.3, 0.4) is 0 Å². The fourth-order valence-electron chi connectivity index (χ4n) is 2.15. The maximum atomic E-state index is 12.8. The Bertz CT molecular complexity index is 697. The summed E-state index contributed by atoms with van der Waals surface area (Å²) in [6, 6.07) is 13.2. The molecule has 8 heteroatoms. The number of ether oxygens (including phenoxy) is 2. The van der Waals surface area contributed by atoms with Crippen LogP contribution in [0.5, 0.6) is 11.5 Å². The molecule has 0 fully saturated rings. The molecule has 0 aliphatic rings. The molecular weight excluding hydrogens is 371 g/mol. The van der Waals surface area contributed by atoms with Crippen molar-refractivity contribution in [3.05, 3.63) is 59.7 Å². The number of aliphatic hydroxyl groups excluding tert-OH is 1. The zero-order chi connectivity index (χ0) is 19.9. The SMILES string of the molecule is OCCCOc1ccc(Cc2ccc(OCC(F)(F)C(F)(F)F)cc2)cc1. The van der Waals surface area contributed by atoms with E-state index >= 15 is 0 Å². The van der Waals surface area contributed by atoms with E-state index in [1.54, 1.807) is 24.3 Å². The minimum absolute atomic E-state index is 0.0599. The lowest BCUT2D eigenvalue weighted by Gasteiger charge is -2.19. The first kappa shape index (κ1) is 21.0. The van der Waals surface area contributed by atoms with Crippen LogP contribution in [0.15, 0.2) is 48.5 Å². The molecule has 0 bridgehead atoms. The molecule has 0 aliphatic carbocycles. The molecule has 0 radical (unpaired) electrons. The van der Waals surface area contributed by atoms with Crippen molar-refractivity contribution >= 4 is 0 Å². The molecule has 2 rings (SSSR count). The number of hydrogen-bond donors (Lipinski definition) is 1. The largest absolute Gasteiger partial charge is 0.494 e. The van der Waals surface area contributed by atoms with E-state index < -0.39 is 18.7 Å². The normalized spacial score (nSPS) is 12.1. The summed E-state index contributed by atoms with van der Waals surface area (Å²) in [5.41, 5.74) is 1.82.